The lowest BCUT2D eigenvalue weighted by atomic mass is 9.33. The van der Waals surface area contributed by atoms with E-state index in [0.29, 0.717) is 51.4 Å². The van der Waals surface area contributed by atoms with Crippen molar-refractivity contribution in [2.75, 3.05) is 6.61 Å². The van der Waals surface area contributed by atoms with Crippen molar-refractivity contribution in [3.63, 3.8) is 0 Å². The van der Waals surface area contributed by atoms with Crippen LogP contribution in [0.4, 0.5) is 0 Å². The van der Waals surface area contributed by atoms with Gasteiger partial charge in [-0.3, -0.25) is 14.4 Å². The molecule has 5 aliphatic carbocycles. The molecule has 5 fully saturated rings. The van der Waals surface area contributed by atoms with Crippen LogP contribution in [0.2, 0.25) is 0 Å². The van der Waals surface area contributed by atoms with E-state index in [9.17, 15) is 50.1 Å². The average Bonchev–Trinajstić information content (AvgIpc) is 3.05. The Kier molecular flexibility index (Phi) is 9.43. The number of fused-ring (bicyclic) bond motifs is 7. The Morgan fingerprint density at radius 1 is 0.902 bits per heavy atom. The molecule has 0 spiro atoms. The predicted molar refractivity (Wildman–Crippen MR) is 179 cm³/mol. The topological polar surface area (TPSA) is 221 Å². The molecule has 0 bridgehead atoms. The zero-order chi connectivity index (χ0) is 37.9. The summed E-state index contributed by atoms with van der Waals surface area (Å²) in [7, 11) is 0. The summed E-state index contributed by atoms with van der Waals surface area (Å²) in [6.07, 6.45) is -4.43. The number of rotatable bonds is 5. The first-order valence-corrected chi connectivity index (χ1v) is 18.6. The SMILES string of the molecule is CC(=O)OC1CC2(C)C(CCC3(C)C2CC=C2C4C(C(=O)OC5OC(CO)C(O)C(O)C5O)(CCC(C)C4(C)O)CCC23C)C(C)(C(=O)O)C1O. The minimum atomic E-state index is -1.76. The highest BCUT2D eigenvalue weighted by Crippen LogP contribution is 2.76. The number of aliphatic carboxylic acids is 1. The van der Waals surface area contributed by atoms with Gasteiger partial charge in [-0.2, -0.15) is 0 Å². The van der Waals surface area contributed by atoms with Gasteiger partial charge in [0.25, 0.3) is 0 Å². The third kappa shape index (κ3) is 5.15. The summed E-state index contributed by atoms with van der Waals surface area (Å²) in [6.45, 7) is 12.4. The van der Waals surface area contributed by atoms with E-state index < -0.39 is 112 Å². The Labute approximate surface area is 299 Å². The predicted octanol–water partition coefficient (Wildman–Crippen LogP) is 2.07. The molecule has 17 atom stereocenters. The Morgan fingerprint density at radius 3 is 2.18 bits per heavy atom. The van der Waals surface area contributed by atoms with Gasteiger partial charge in [0, 0.05) is 12.8 Å². The molecule has 0 radical (unpaired) electrons. The monoisotopic (exact) mass is 722 g/mol. The molecule has 0 amide bonds. The lowest BCUT2D eigenvalue weighted by Gasteiger charge is -2.71. The van der Waals surface area contributed by atoms with Crippen LogP contribution in [0.25, 0.3) is 0 Å². The first-order chi connectivity index (χ1) is 23.6. The maximum Gasteiger partial charge on any atom is 0.315 e. The average molecular weight is 723 g/mol. The van der Waals surface area contributed by atoms with Crippen LogP contribution in [-0.2, 0) is 28.6 Å². The zero-order valence-corrected chi connectivity index (χ0v) is 30.9. The Balaban J connectivity index is 1.41. The van der Waals surface area contributed by atoms with E-state index in [-0.39, 0.29) is 11.8 Å². The van der Waals surface area contributed by atoms with Crippen molar-refractivity contribution >= 4 is 17.9 Å². The zero-order valence-electron chi connectivity index (χ0n) is 30.9. The van der Waals surface area contributed by atoms with E-state index in [1.165, 1.54) is 6.92 Å². The lowest BCUT2D eigenvalue weighted by molar-refractivity contribution is -0.299. The summed E-state index contributed by atoms with van der Waals surface area (Å²) < 4.78 is 17.1. The highest BCUT2D eigenvalue weighted by Gasteiger charge is 2.74. The smallest absolute Gasteiger partial charge is 0.315 e. The second kappa shape index (κ2) is 12.5. The number of carbonyl (C=O) groups excluding carboxylic acids is 2. The van der Waals surface area contributed by atoms with Crippen LogP contribution in [0.15, 0.2) is 11.6 Å². The van der Waals surface area contributed by atoms with Crippen LogP contribution in [0.1, 0.15) is 99.8 Å². The van der Waals surface area contributed by atoms with Crippen LogP contribution in [0, 0.1) is 50.7 Å². The summed E-state index contributed by atoms with van der Waals surface area (Å²) in [6, 6.07) is 0. The number of carbonyl (C=O) groups is 3. The largest absolute Gasteiger partial charge is 0.481 e. The van der Waals surface area contributed by atoms with Gasteiger partial charge in [-0.05, 0) is 99.2 Å². The number of allylic oxidation sites excluding steroid dienone is 1. The molecule has 1 heterocycles. The second-order valence-corrected chi connectivity index (χ2v) is 18.0. The third-order valence-electron chi connectivity index (χ3n) is 15.9. The standard InChI is InChI=1S/C38H58O13/c1-18-10-13-38(32(47)51-30-27(43)26(42)25(41)22(17-39)50-30)15-14-34(4)20(28(38)37(18,7)48)8-9-23-33(3)16-21(49-19(2)40)29(44)36(6,31(45)46)24(33)11-12-35(23,34)5/h8,18,21-30,39,41-44,48H,9-17H2,1-7H3,(H,45,46). The number of aliphatic hydroxyl groups excluding tert-OH is 5. The molecule has 288 valence electrons. The van der Waals surface area contributed by atoms with Gasteiger partial charge in [-0.15, -0.1) is 0 Å². The van der Waals surface area contributed by atoms with Gasteiger partial charge in [0.1, 0.15) is 36.6 Å². The fourth-order valence-electron chi connectivity index (χ4n) is 12.6. The van der Waals surface area contributed by atoms with E-state index in [0.717, 1.165) is 5.57 Å². The van der Waals surface area contributed by atoms with Crippen molar-refractivity contribution < 1.29 is 64.3 Å². The highest BCUT2D eigenvalue weighted by atomic mass is 16.7. The van der Waals surface area contributed by atoms with Crippen molar-refractivity contribution in [1.82, 2.24) is 0 Å². The molecule has 1 saturated heterocycles. The molecule has 6 aliphatic rings. The van der Waals surface area contributed by atoms with Crippen molar-refractivity contribution in [1.29, 1.82) is 0 Å². The Bertz CT molecular complexity index is 1460. The van der Waals surface area contributed by atoms with Gasteiger partial charge in [0.2, 0.25) is 6.29 Å². The summed E-state index contributed by atoms with van der Waals surface area (Å²) in [5, 5.41) is 75.6. The molecule has 7 N–H and O–H groups in total. The molecule has 0 aromatic rings. The number of ether oxygens (including phenoxy) is 3. The summed E-state index contributed by atoms with van der Waals surface area (Å²) in [5.74, 6) is -3.75. The van der Waals surface area contributed by atoms with Gasteiger partial charge < -0.3 is 50.0 Å². The number of hydrogen-bond acceptors (Lipinski definition) is 12. The number of esters is 2. The minimum Gasteiger partial charge on any atom is -0.481 e. The molecular weight excluding hydrogens is 664 g/mol. The Hall–Kier alpha value is -2.13. The van der Waals surface area contributed by atoms with Gasteiger partial charge in [-0.1, -0.05) is 39.3 Å². The molecule has 13 nitrogen and oxygen atoms in total. The number of hydrogen-bond donors (Lipinski definition) is 7. The minimum absolute atomic E-state index is 0.0822. The highest BCUT2D eigenvalue weighted by molar-refractivity contribution is 5.79. The molecule has 51 heavy (non-hydrogen) atoms. The first-order valence-electron chi connectivity index (χ1n) is 18.6. The van der Waals surface area contributed by atoms with E-state index >= 15 is 0 Å². The van der Waals surface area contributed by atoms with Gasteiger partial charge >= 0.3 is 17.9 Å². The molecule has 17 unspecified atom stereocenters. The first kappa shape index (κ1) is 38.6. The van der Waals surface area contributed by atoms with Gasteiger partial charge in [0.15, 0.2) is 0 Å². The second-order valence-electron chi connectivity index (χ2n) is 18.0. The maximum absolute atomic E-state index is 14.5. The maximum atomic E-state index is 14.5. The Morgan fingerprint density at radius 2 is 1.57 bits per heavy atom. The molecule has 1 aliphatic heterocycles. The summed E-state index contributed by atoms with van der Waals surface area (Å²) >= 11 is 0. The fourth-order valence-corrected chi connectivity index (χ4v) is 12.6. The van der Waals surface area contributed by atoms with E-state index in [1.807, 2.05) is 6.92 Å². The van der Waals surface area contributed by atoms with Crippen LogP contribution < -0.4 is 0 Å². The number of carboxylic acids is 1. The lowest BCUT2D eigenvalue weighted by Crippen LogP contribution is -2.70. The van der Waals surface area contributed by atoms with Gasteiger partial charge in [0.05, 0.1) is 23.0 Å². The van der Waals surface area contributed by atoms with E-state index in [4.69, 9.17) is 14.2 Å². The van der Waals surface area contributed by atoms with Crippen molar-refractivity contribution in [2.24, 2.45) is 50.7 Å². The van der Waals surface area contributed by atoms with Crippen molar-refractivity contribution in [3.05, 3.63) is 11.6 Å². The van der Waals surface area contributed by atoms with Crippen LogP contribution in [0.3, 0.4) is 0 Å². The summed E-state index contributed by atoms with van der Waals surface area (Å²) in [4.78, 5) is 39.7. The van der Waals surface area contributed by atoms with Crippen molar-refractivity contribution in [3.8, 4) is 0 Å². The quantitative estimate of drug-likeness (QED) is 0.160. The van der Waals surface area contributed by atoms with E-state index in [1.54, 1.807) is 13.8 Å². The van der Waals surface area contributed by atoms with Crippen LogP contribution in [0.5, 0.6) is 0 Å². The molecule has 13 heteroatoms. The van der Waals surface area contributed by atoms with Crippen molar-refractivity contribution in [2.45, 2.75) is 148 Å². The fraction of sp³-hybridized carbons (Fsp3) is 0.868. The molecule has 0 aromatic heterocycles. The molecular formula is C38H58O13. The number of aliphatic hydroxyl groups is 6. The summed E-state index contributed by atoms with van der Waals surface area (Å²) in [5.41, 5.74) is -4.79. The molecule has 6 rings (SSSR count). The normalized spacial score (nSPS) is 53.7. The van der Waals surface area contributed by atoms with Crippen LogP contribution in [-0.4, -0.2) is 109 Å². The van der Waals surface area contributed by atoms with Gasteiger partial charge in [-0.25, -0.2) is 0 Å². The molecule has 0 aromatic carbocycles. The van der Waals surface area contributed by atoms with Crippen LogP contribution >= 0.6 is 0 Å². The van der Waals surface area contributed by atoms with E-state index in [2.05, 4.69) is 26.8 Å². The number of carboxylic acid groups (broad SMARTS) is 1. The third-order valence-corrected chi connectivity index (χ3v) is 15.9. The molecule has 4 saturated carbocycles.